The van der Waals surface area contributed by atoms with Crippen LogP contribution in [0.1, 0.15) is 30.9 Å². The van der Waals surface area contributed by atoms with Crippen molar-refractivity contribution in [2.45, 2.75) is 31.4 Å². The first-order valence-corrected chi connectivity index (χ1v) is 12.3. The van der Waals surface area contributed by atoms with Gasteiger partial charge >= 0.3 is 0 Å². The molecule has 2 N–H and O–H groups in total. The third kappa shape index (κ3) is 4.69. The standard InChI is InChI=1S/C23H30N4O4S/c28-21(16-3-4-19-20(13-16)31-11-10-30-19)18(15-26-7-1-2-8-26)25-22(29)17-5-9-27(14-17)23-24-6-12-32-23/h3-4,6,12-13,17-18,21,28H,1-2,5,7-11,14-15H2,(H,25,29)/t17-,18-,21-/m1/s1. The first kappa shape index (κ1) is 21.5. The smallest absolute Gasteiger partial charge is 0.225 e. The van der Waals surface area contributed by atoms with Gasteiger partial charge in [-0.05, 0) is 50.0 Å². The number of carbonyl (C=O) groups is 1. The number of hydrogen-bond donors (Lipinski definition) is 2. The van der Waals surface area contributed by atoms with Gasteiger partial charge in [0.25, 0.3) is 0 Å². The molecule has 1 aromatic heterocycles. The number of hydrogen-bond acceptors (Lipinski definition) is 8. The summed E-state index contributed by atoms with van der Waals surface area (Å²) in [5.41, 5.74) is 0.731. The Hall–Kier alpha value is -2.36. The van der Waals surface area contributed by atoms with Crippen molar-refractivity contribution in [1.29, 1.82) is 0 Å². The van der Waals surface area contributed by atoms with Gasteiger partial charge in [0.1, 0.15) is 19.3 Å². The van der Waals surface area contributed by atoms with E-state index < -0.39 is 12.1 Å². The zero-order chi connectivity index (χ0) is 21.9. The number of likely N-dealkylation sites (tertiary alicyclic amines) is 1. The van der Waals surface area contributed by atoms with Crippen LogP contribution in [-0.2, 0) is 4.79 Å². The van der Waals surface area contributed by atoms with Crippen molar-refractivity contribution < 1.29 is 19.4 Å². The largest absolute Gasteiger partial charge is 0.486 e. The summed E-state index contributed by atoms with van der Waals surface area (Å²) in [5.74, 6) is 1.24. The Morgan fingerprint density at radius 3 is 2.81 bits per heavy atom. The summed E-state index contributed by atoms with van der Waals surface area (Å²) in [4.78, 5) is 22.0. The molecular formula is C23H30N4O4S. The summed E-state index contributed by atoms with van der Waals surface area (Å²) in [7, 11) is 0. The van der Waals surface area contributed by atoms with Gasteiger partial charge in [0.2, 0.25) is 5.91 Å². The van der Waals surface area contributed by atoms with Crippen molar-refractivity contribution >= 4 is 22.4 Å². The van der Waals surface area contributed by atoms with Crippen molar-refractivity contribution in [2.24, 2.45) is 5.92 Å². The van der Waals surface area contributed by atoms with Crippen LogP contribution in [0.3, 0.4) is 0 Å². The van der Waals surface area contributed by atoms with Crippen molar-refractivity contribution in [1.82, 2.24) is 15.2 Å². The van der Waals surface area contributed by atoms with E-state index in [9.17, 15) is 9.90 Å². The Balaban J connectivity index is 1.29. The molecule has 9 heteroatoms. The lowest BCUT2D eigenvalue weighted by molar-refractivity contribution is -0.126. The lowest BCUT2D eigenvalue weighted by Crippen LogP contribution is -2.48. The molecular weight excluding hydrogens is 428 g/mol. The number of nitrogens with zero attached hydrogens (tertiary/aromatic N) is 3. The summed E-state index contributed by atoms with van der Waals surface area (Å²) >= 11 is 1.60. The average molecular weight is 459 g/mol. The maximum atomic E-state index is 13.2. The highest BCUT2D eigenvalue weighted by atomic mass is 32.1. The zero-order valence-corrected chi connectivity index (χ0v) is 18.9. The fourth-order valence-electron chi connectivity index (χ4n) is 4.76. The number of aromatic nitrogens is 1. The Bertz CT molecular complexity index is 919. The number of nitrogens with one attached hydrogen (secondary N) is 1. The predicted molar refractivity (Wildman–Crippen MR) is 122 cm³/mol. The van der Waals surface area contributed by atoms with Gasteiger partial charge in [-0.3, -0.25) is 4.79 Å². The molecule has 172 valence electrons. The molecule has 4 heterocycles. The van der Waals surface area contributed by atoms with E-state index in [1.54, 1.807) is 17.5 Å². The molecule has 2 fully saturated rings. The number of aliphatic hydroxyl groups is 1. The molecule has 1 aromatic carbocycles. The van der Waals surface area contributed by atoms with Crippen LogP contribution in [0.15, 0.2) is 29.8 Å². The number of benzene rings is 1. The minimum Gasteiger partial charge on any atom is -0.486 e. The quantitative estimate of drug-likeness (QED) is 0.657. The van der Waals surface area contributed by atoms with Crippen LogP contribution in [-0.4, -0.2) is 72.9 Å². The van der Waals surface area contributed by atoms with Crippen LogP contribution in [0, 0.1) is 5.92 Å². The Kier molecular flexibility index (Phi) is 6.47. The third-order valence-electron chi connectivity index (χ3n) is 6.52. The van der Waals surface area contributed by atoms with Crippen LogP contribution in [0.5, 0.6) is 11.5 Å². The zero-order valence-electron chi connectivity index (χ0n) is 18.1. The second-order valence-corrected chi connectivity index (χ2v) is 9.59. The summed E-state index contributed by atoms with van der Waals surface area (Å²) < 4.78 is 11.3. The van der Waals surface area contributed by atoms with Crippen molar-refractivity contribution in [2.75, 3.05) is 50.8 Å². The molecule has 2 saturated heterocycles. The highest BCUT2D eigenvalue weighted by molar-refractivity contribution is 7.13. The molecule has 0 saturated carbocycles. The van der Waals surface area contributed by atoms with E-state index in [1.165, 1.54) is 0 Å². The molecule has 8 nitrogen and oxygen atoms in total. The second-order valence-electron chi connectivity index (χ2n) is 8.72. The van der Waals surface area contributed by atoms with E-state index in [2.05, 4.69) is 20.1 Å². The number of amides is 1. The van der Waals surface area contributed by atoms with Crippen LogP contribution in [0.25, 0.3) is 0 Å². The Labute approximate surface area is 192 Å². The number of ether oxygens (including phenoxy) is 2. The van der Waals surface area contributed by atoms with Gasteiger partial charge in [0.05, 0.1) is 12.0 Å². The fourth-order valence-corrected chi connectivity index (χ4v) is 5.44. The lowest BCUT2D eigenvalue weighted by atomic mass is 9.99. The summed E-state index contributed by atoms with van der Waals surface area (Å²) in [6.45, 7) is 5.15. The van der Waals surface area contributed by atoms with Gasteiger partial charge < -0.3 is 29.7 Å². The monoisotopic (exact) mass is 458 g/mol. The molecule has 2 aromatic rings. The lowest BCUT2D eigenvalue weighted by Gasteiger charge is -2.30. The minimum atomic E-state index is -0.827. The summed E-state index contributed by atoms with van der Waals surface area (Å²) in [5, 5.41) is 17.4. The summed E-state index contributed by atoms with van der Waals surface area (Å²) in [6.07, 6.45) is 4.08. The van der Waals surface area contributed by atoms with Gasteiger partial charge in [-0.1, -0.05) is 6.07 Å². The molecule has 0 bridgehead atoms. The van der Waals surface area contributed by atoms with Crippen molar-refractivity contribution in [3.63, 3.8) is 0 Å². The Morgan fingerprint density at radius 1 is 1.22 bits per heavy atom. The van der Waals surface area contributed by atoms with E-state index >= 15 is 0 Å². The fraction of sp³-hybridized carbons (Fsp3) is 0.565. The number of thiazole rings is 1. The number of carbonyl (C=O) groups excluding carboxylic acids is 1. The SMILES string of the molecule is O=C(N[C@H](CN1CCCC1)[C@H](O)c1ccc2c(c1)OCCO2)[C@@H]1CCN(c2nccs2)C1. The number of rotatable bonds is 7. The topological polar surface area (TPSA) is 87.2 Å². The molecule has 0 unspecified atom stereocenters. The molecule has 3 aliphatic rings. The normalized spacial score (nSPS) is 22.7. The molecule has 0 radical (unpaired) electrons. The van der Waals surface area contributed by atoms with E-state index in [0.29, 0.717) is 37.8 Å². The van der Waals surface area contributed by atoms with Crippen molar-refractivity contribution in [3.05, 3.63) is 35.3 Å². The first-order valence-electron chi connectivity index (χ1n) is 11.4. The van der Waals surface area contributed by atoms with Crippen LogP contribution >= 0.6 is 11.3 Å². The maximum absolute atomic E-state index is 13.2. The second kappa shape index (κ2) is 9.64. The van der Waals surface area contributed by atoms with Gasteiger partial charge in [0, 0.05) is 31.2 Å². The maximum Gasteiger partial charge on any atom is 0.225 e. The minimum absolute atomic E-state index is 0.00449. The molecule has 0 spiro atoms. The van der Waals surface area contributed by atoms with Gasteiger partial charge in [0.15, 0.2) is 16.6 Å². The Morgan fingerprint density at radius 2 is 2.03 bits per heavy atom. The number of fused-ring (bicyclic) bond motifs is 1. The molecule has 1 amide bonds. The molecule has 5 rings (SSSR count). The van der Waals surface area contributed by atoms with Crippen LogP contribution < -0.4 is 19.7 Å². The summed E-state index contributed by atoms with van der Waals surface area (Å²) in [6, 6.07) is 5.14. The third-order valence-corrected chi connectivity index (χ3v) is 7.35. The molecule has 32 heavy (non-hydrogen) atoms. The van der Waals surface area contributed by atoms with E-state index in [0.717, 1.165) is 49.6 Å². The number of anilines is 1. The van der Waals surface area contributed by atoms with E-state index in [4.69, 9.17) is 9.47 Å². The average Bonchev–Trinajstić information content (AvgIpc) is 3.60. The molecule has 3 atom stereocenters. The predicted octanol–water partition coefficient (Wildman–Crippen LogP) is 2.05. The van der Waals surface area contributed by atoms with E-state index in [-0.39, 0.29) is 11.8 Å². The van der Waals surface area contributed by atoms with Crippen molar-refractivity contribution in [3.8, 4) is 11.5 Å². The molecule has 0 aliphatic carbocycles. The van der Waals surface area contributed by atoms with E-state index in [1.807, 2.05) is 23.6 Å². The van der Waals surface area contributed by atoms with Crippen LogP contribution in [0.2, 0.25) is 0 Å². The van der Waals surface area contributed by atoms with Gasteiger partial charge in [-0.15, -0.1) is 11.3 Å². The molecule has 3 aliphatic heterocycles. The first-order chi connectivity index (χ1) is 15.7. The highest BCUT2D eigenvalue weighted by Gasteiger charge is 2.33. The van der Waals surface area contributed by atoms with Crippen LogP contribution in [0.4, 0.5) is 5.13 Å². The number of aliphatic hydroxyl groups excluding tert-OH is 1. The highest BCUT2D eigenvalue weighted by Crippen LogP contribution is 2.34. The van der Waals surface area contributed by atoms with Gasteiger partial charge in [-0.25, -0.2) is 4.98 Å². The van der Waals surface area contributed by atoms with Gasteiger partial charge in [-0.2, -0.15) is 0 Å².